The predicted octanol–water partition coefficient (Wildman–Crippen LogP) is 4.65. The molecule has 5 rings (SSSR count). The first-order valence-electron chi connectivity index (χ1n) is 11.1. The lowest BCUT2D eigenvalue weighted by Crippen LogP contribution is -2.29. The van der Waals surface area contributed by atoms with Crippen molar-refractivity contribution < 1.29 is 9.59 Å². The molecule has 0 spiro atoms. The number of likely N-dealkylation sites (tertiary alicyclic amines) is 1. The van der Waals surface area contributed by atoms with Gasteiger partial charge in [-0.3, -0.25) is 9.59 Å². The number of aryl methyl sites for hydroxylation is 2. The molecule has 1 fully saturated rings. The molecule has 1 aliphatic rings. The molecule has 7 nitrogen and oxygen atoms in total. The van der Waals surface area contributed by atoms with Gasteiger partial charge in [0.05, 0.1) is 34.9 Å². The van der Waals surface area contributed by atoms with E-state index in [4.69, 9.17) is 0 Å². The minimum atomic E-state index is -0.272. The number of aromatic nitrogens is 3. The molecule has 0 saturated carbocycles. The lowest BCUT2D eigenvalue weighted by atomic mass is 10.1. The molecule has 0 aliphatic carbocycles. The molecule has 8 heteroatoms. The molecule has 1 aromatic carbocycles. The molecule has 1 N–H and O–H groups in total. The molecule has 1 aliphatic heterocycles. The topological polar surface area (TPSA) is 80.1 Å². The van der Waals surface area contributed by atoms with Crippen LogP contribution in [0.1, 0.15) is 49.7 Å². The third-order valence-electron chi connectivity index (χ3n) is 6.00. The first kappa shape index (κ1) is 21.3. The van der Waals surface area contributed by atoms with Crippen LogP contribution in [0, 0.1) is 13.8 Å². The Morgan fingerprint density at radius 1 is 1.09 bits per heavy atom. The normalized spacial score (nSPS) is 13.6. The minimum Gasteiger partial charge on any atom is -0.339 e. The molecule has 0 unspecified atom stereocenters. The number of nitrogens with zero attached hydrogens (tertiary/aromatic N) is 4. The van der Waals surface area contributed by atoms with Crippen molar-refractivity contribution in [1.29, 1.82) is 0 Å². The predicted molar refractivity (Wildman–Crippen MR) is 130 cm³/mol. The Bertz CT molecular complexity index is 1340. The van der Waals surface area contributed by atoms with Crippen LogP contribution in [0.4, 0.5) is 5.69 Å². The number of thiophene rings is 1. The van der Waals surface area contributed by atoms with E-state index in [0.29, 0.717) is 34.4 Å². The molecule has 4 aromatic rings. The third kappa shape index (κ3) is 4.14. The zero-order valence-electron chi connectivity index (χ0n) is 18.7. The molecule has 33 heavy (non-hydrogen) atoms. The van der Waals surface area contributed by atoms with E-state index in [0.717, 1.165) is 37.2 Å². The minimum absolute atomic E-state index is 0.0358. The fourth-order valence-electron chi connectivity index (χ4n) is 4.31. The van der Waals surface area contributed by atoms with Crippen molar-refractivity contribution in [2.75, 3.05) is 18.4 Å². The van der Waals surface area contributed by atoms with Gasteiger partial charge in [0.2, 0.25) is 0 Å². The second-order valence-electron chi connectivity index (χ2n) is 8.38. The van der Waals surface area contributed by atoms with Gasteiger partial charge < -0.3 is 10.2 Å². The van der Waals surface area contributed by atoms with Crippen molar-refractivity contribution in [2.45, 2.75) is 33.2 Å². The van der Waals surface area contributed by atoms with Crippen LogP contribution >= 0.6 is 11.3 Å². The van der Waals surface area contributed by atoms with Crippen LogP contribution in [-0.2, 0) is 6.54 Å². The van der Waals surface area contributed by atoms with Crippen LogP contribution in [0.15, 0.2) is 48.0 Å². The fraction of sp³-hybridized carbons (Fsp3) is 0.280. The van der Waals surface area contributed by atoms with Crippen molar-refractivity contribution in [3.05, 3.63) is 75.2 Å². The summed E-state index contributed by atoms with van der Waals surface area (Å²) in [5.74, 6) is -0.308. The number of benzene rings is 1. The second kappa shape index (κ2) is 8.78. The van der Waals surface area contributed by atoms with E-state index in [1.54, 1.807) is 29.7 Å². The Hall–Kier alpha value is -3.52. The first-order valence-corrected chi connectivity index (χ1v) is 11.9. The van der Waals surface area contributed by atoms with Gasteiger partial charge >= 0.3 is 0 Å². The maximum Gasteiger partial charge on any atom is 0.256 e. The van der Waals surface area contributed by atoms with Crippen LogP contribution in [0.25, 0.3) is 11.0 Å². The number of anilines is 1. The molecular formula is C25H25N5O2S. The van der Waals surface area contributed by atoms with E-state index < -0.39 is 0 Å². The van der Waals surface area contributed by atoms with E-state index in [1.165, 1.54) is 4.88 Å². The summed E-state index contributed by atoms with van der Waals surface area (Å²) >= 11 is 1.66. The molecule has 3 aromatic heterocycles. The Kier molecular flexibility index (Phi) is 5.68. The number of fused-ring (bicyclic) bond motifs is 1. The average molecular weight is 460 g/mol. The van der Waals surface area contributed by atoms with Gasteiger partial charge in [0, 0.05) is 23.7 Å². The quantitative estimate of drug-likeness (QED) is 0.471. The first-order chi connectivity index (χ1) is 16.0. The van der Waals surface area contributed by atoms with Crippen molar-refractivity contribution in [2.24, 2.45) is 0 Å². The summed E-state index contributed by atoms with van der Waals surface area (Å²) in [5.41, 5.74) is 3.85. The molecule has 0 bridgehead atoms. The van der Waals surface area contributed by atoms with Gasteiger partial charge in [-0.05, 0) is 55.8 Å². The second-order valence-corrected chi connectivity index (χ2v) is 9.41. The molecule has 0 atom stereocenters. The number of hydrogen-bond donors (Lipinski definition) is 1. The van der Waals surface area contributed by atoms with Gasteiger partial charge in [-0.2, -0.15) is 5.10 Å². The van der Waals surface area contributed by atoms with E-state index in [-0.39, 0.29) is 11.8 Å². The largest absolute Gasteiger partial charge is 0.339 e. The summed E-state index contributed by atoms with van der Waals surface area (Å²) in [6, 6.07) is 11.4. The third-order valence-corrected chi connectivity index (χ3v) is 6.86. The average Bonchev–Trinajstić information content (AvgIpc) is 3.57. The Morgan fingerprint density at radius 2 is 1.91 bits per heavy atom. The molecule has 168 valence electrons. The number of para-hydroxylation sites is 1. The number of carbonyl (C=O) groups excluding carboxylic acids is 2. The number of hydrogen-bond acceptors (Lipinski definition) is 5. The van der Waals surface area contributed by atoms with Crippen LogP contribution in [0.5, 0.6) is 0 Å². The van der Waals surface area contributed by atoms with Crippen LogP contribution < -0.4 is 5.32 Å². The Morgan fingerprint density at radius 3 is 2.67 bits per heavy atom. The van der Waals surface area contributed by atoms with Gasteiger partial charge in [-0.1, -0.05) is 18.2 Å². The van der Waals surface area contributed by atoms with Gasteiger partial charge in [-0.25, -0.2) is 9.67 Å². The zero-order chi connectivity index (χ0) is 22.9. The fourth-order valence-corrected chi connectivity index (χ4v) is 5.00. The molecule has 1 saturated heterocycles. The van der Waals surface area contributed by atoms with Gasteiger partial charge in [0.15, 0.2) is 5.65 Å². The number of nitrogens with one attached hydrogen (secondary N) is 1. The molecule has 2 amide bonds. The highest BCUT2D eigenvalue weighted by atomic mass is 32.1. The SMILES string of the molecule is Cc1cc(C(=O)Nc2c(C)cccc2C(=O)N2CCCC2)c2cnn(Cc3cccs3)c2n1. The standard InChI is InChI=1S/C25H25N5O2S/c1-16-7-5-9-19(25(32)29-10-3-4-11-29)22(16)28-24(31)20-13-17(2)27-23-21(20)14-26-30(23)15-18-8-6-12-33-18/h5-9,12-14H,3-4,10-11,15H2,1-2H3,(H,28,31). The summed E-state index contributed by atoms with van der Waals surface area (Å²) < 4.78 is 1.82. The summed E-state index contributed by atoms with van der Waals surface area (Å²) in [5, 5.41) is 10.2. The number of carbonyl (C=O) groups is 2. The highest BCUT2D eigenvalue weighted by Crippen LogP contribution is 2.26. The number of pyridine rings is 1. The van der Waals surface area contributed by atoms with Crippen molar-refractivity contribution in [3.8, 4) is 0 Å². The van der Waals surface area contributed by atoms with Crippen LogP contribution in [-0.4, -0.2) is 44.6 Å². The van der Waals surface area contributed by atoms with E-state index >= 15 is 0 Å². The van der Waals surface area contributed by atoms with Gasteiger partial charge in [-0.15, -0.1) is 11.3 Å². The van der Waals surface area contributed by atoms with E-state index in [1.807, 2.05) is 47.0 Å². The van der Waals surface area contributed by atoms with E-state index in [2.05, 4.69) is 21.5 Å². The van der Waals surface area contributed by atoms with Gasteiger partial charge in [0.1, 0.15) is 0 Å². The van der Waals surface area contributed by atoms with Crippen molar-refractivity contribution >= 4 is 39.9 Å². The highest BCUT2D eigenvalue weighted by molar-refractivity contribution is 7.09. The van der Waals surface area contributed by atoms with Gasteiger partial charge in [0.25, 0.3) is 11.8 Å². The zero-order valence-corrected chi connectivity index (χ0v) is 19.5. The van der Waals surface area contributed by atoms with E-state index in [9.17, 15) is 9.59 Å². The maximum atomic E-state index is 13.5. The molecule has 4 heterocycles. The number of rotatable bonds is 5. The lowest BCUT2D eigenvalue weighted by molar-refractivity contribution is 0.0793. The van der Waals surface area contributed by atoms with Crippen LogP contribution in [0.3, 0.4) is 0 Å². The summed E-state index contributed by atoms with van der Waals surface area (Å²) in [4.78, 5) is 34.2. The molecule has 0 radical (unpaired) electrons. The van der Waals surface area contributed by atoms with Crippen LogP contribution in [0.2, 0.25) is 0 Å². The molecular weight excluding hydrogens is 434 g/mol. The summed E-state index contributed by atoms with van der Waals surface area (Å²) in [6.07, 6.45) is 3.73. The highest BCUT2D eigenvalue weighted by Gasteiger charge is 2.24. The van der Waals surface area contributed by atoms with Crippen molar-refractivity contribution in [1.82, 2.24) is 19.7 Å². The number of amides is 2. The Balaban J connectivity index is 1.49. The lowest BCUT2D eigenvalue weighted by Gasteiger charge is -2.19. The summed E-state index contributed by atoms with van der Waals surface area (Å²) in [7, 11) is 0. The summed E-state index contributed by atoms with van der Waals surface area (Å²) in [6.45, 7) is 5.89. The monoisotopic (exact) mass is 459 g/mol. The smallest absolute Gasteiger partial charge is 0.256 e. The maximum absolute atomic E-state index is 13.5. The Labute approximate surface area is 196 Å². The van der Waals surface area contributed by atoms with Crippen molar-refractivity contribution in [3.63, 3.8) is 0 Å².